The maximum Gasteiger partial charge on any atom is 0.460 e. The van der Waals surface area contributed by atoms with E-state index in [9.17, 15) is 71.1 Å². The molecule has 4 nitrogen and oxygen atoms in total. The highest BCUT2D eigenvalue weighted by Gasteiger charge is 2.77. The first-order valence-corrected chi connectivity index (χ1v) is 8.76. The first-order valence-electron chi connectivity index (χ1n) is 8.76. The van der Waals surface area contributed by atoms with Gasteiger partial charge in [0, 0.05) is 13.1 Å². The van der Waals surface area contributed by atoms with Crippen LogP contribution < -0.4 is 10.6 Å². The third-order valence-corrected chi connectivity index (χ3v) is 4.00. The summed E-state index contributed by atoms with van der Waals surface area (Å²) in [5.74, 6) is -31.1. The van der Waals surface area contributed by atoms with E-state index < -0.39 is 60.9 Å². The number of rotatable bonds is 12. The van der Waals surface area contributed by atoms with Crippen molar-refractivity contribution in [2.75, 3.05) is 13.1 Å². The first-order chi connectivity index (χ1) is 14.5. The van der Waals surface area contributed by atoms with Crippen molar-refractivity contribution in [3.63, 3.8) is 0 Å². The van der Waals surface area contributed by atoms with Crippen molar-refractivity contribution in [3.05, 3.63) is 0 Å². The molecule has 0 radical (unpaired) electrons. The molecule has 0 aromatic rings. The van der Waals surface area contributed by atoms with Gasteiger partial charge in [0.15, 0.2) is 0 Å². The molecule has 0 aliphatic carbocycles. The average molecular weight is 522 g/mol. The van der Waals surface area contributed by atoms with Crippen LogP contribution in [0.25, 0.3) is 0 Å². The number of alkyl halides is 14. The van der Waals surface area contributed by atoms with Crippen molar-refractivity contribution in [2.45, 2.75) is 68.1 Å². The zero-order chi connectivity index (χ0) is 26.5. The van der Waals surface area contributed by atoms with Crippen LogP contribution in [0.4, 0.5) is 61.5 Å². The molecule has 0 heterocycles. The van der Waals surface area contributed by atoms with Gasteiger partial charge >= 0.3 is 36.0 Å². The summed E-state index contributed by atoms with van der Waals surface area (Å²) >= 11 is 0. The lowest BCUT2D eigenvalue weighted by Gasteiger charge is -2.27. The van der Waals surface area contributed by atoms with Crippen LogP contribution in [0.1, 0.15) is 32.1 Å². The molecule has 0 spiro atoms. The summed E-state index contributed by atoms with van der Waals surface area (Å²) in [5, 5.41) is 2.38. The Morgan fingerprint density at radius 2 is 0.697 bits per heavy atom. The quantitative estimate of drug-likeness (QED) is 0.285. The number of carbonyl (C=O) groups is 2. The fourth-order valence-electron chi connectivity index (χ4n) is 2.05. The van der Waals surface area contributed by atoms with E-state index in [1.807, 2.05) is 0 Å². The van der Waals surface area contributed by atoms with E-state index in [1.54, 1.807) is 0 Å². The number of halogens is 14. The molecule has 196 valence electrons. The van der Waals surface area contributed by atoms with Crippen molar-refractivity contribution in [1.82, 2.24) is 10.6 Å². The molecule has 33 heavy (non-hydrogen) atoms. The predicted octanol–water partition coefficient (Wildman–Crippen LogP) is 4.84. The van der Waals surface area contributed by atoms with Crippen LogP contribution in [-0.4, -0.2) is 60.9 Å². The molecule has 2 N–H and O–H groups in total. The highest BCUT2D eigenvalue weighted by molar-refractivity contribution is 5.85. The van der Waals surface area contributed by atoms with Gasteiger partial charge in [-0.1, -0.05) is 19.3 Å². The molecule has 0 unspecified atom stereocenters. The van der Waals surface area contributed by atoms with Crippen molar-refractivity contribution < 1.29 is 71.1 Å². The zero-order valence-electron chi connectivity index (χ0n) is 16.1. The number of hydrogen-bond acceptors (Lipinski definition) is 2. The Kier molecular flexibility index (Phi) is 9.83. The normalized spacial score (nSPS) is 14.2. The molecule has 0 saturated heterocycles. The number of unbranched alkanes of at least 4 members (excludes halogenated alkanes) is 4. The molecule has 0 aliphatic heterocycles. The van der Waals surface area contributed by atoms with E-state index in [4.69, 9.17) is 0 Å². The molecular formula is C15H16F14N2O2. The fourth-order valence-corrected chi connectivity index (χ4v) is 2.05. The molecule has 0 rings (SSSR count). The van der Waals surface area contributed by atoms with Crippen molar-refractivity contribution in [1.29, 1.82) is 0 Å². The number of nitrogens with one attached hydrogen (secondary N) is 2. The minimum absolute atomic E-state index is 0.0256. The van der Waals surface area contributed by atoms with E-state index in [0.29, 0.717) is 0 Å². The molecule has 18 heteroatoms. The molecule has 2 amide bonds. The van der Waals surface area contributed by atoms with E-state index in [0.717, 1.165) is 0 Å². The van der Waals surface area contributed by atoms with Gasteiger partial charge in [-0.25, -0.2) is 0 Å². The summed E-state index contributed by atoms with van der Waals surface area (Å²) in [6, 6.07) is 0. The summed E-state index contributed by atoms with van der Waals surface area (Å²) in [6.45, 7) is -1.48. The van der Waals surface area contributed by atoms with Crippen LogP contribution >= 0.6 is 0 Å². The number of carbonyl (C=O) groups excluding carboxylic acids is 2. The molecule has 0 aromatic heterocycles. The Morgan fingerprint density at radius 3 is 0.939 bits per heavy atom. The Bertz CT molecular complexity index is 616. The summed E-state index contributed by atoms with van der Waals surface area (Å²) in [6.07, 6.45) is -13.6. The van der Waals surface area contributed by atoms with Crippen molar-refractivity contribution in [3.8, 4) is 0 Å². The third-order valence-electron chi connectivity index (χ3n) is 4.00. The highest BCUT2D eigenvalue weighted by Crippen LogP contribution is 2.47. The largest absolute Gasteiger partial charge is 0.460 e. The van der Waals surface area contributed by atoms with Gasteiger partial charge in [-0.05, 0) is 12.8 Å². The second-order valence-corrected chi connectivity index (χ2v) is 6.57. The average Bonchev–Trinajstić information content (AvgIpc) is 2.63. The minimum Gasteiger partial charge on any atom is -0.351 e. The summed E-state index contributed by atoms with van der Waals surface area (Å²) < 4.78 is 174. The van der Waals surface area contributed by atoms with Gasteiger partial charge in [0.05, 0.1) is 0 Å². The molecular weight excluding hydrogens is 506 g/mol. The second kappa shape index (κ2) is 10.5. The molecule has 0 aromatic carbocycles. The van der Waals surface area contributed by atoms with Gasteiger partial charge in [-0.15, -0.1) is 0 Å². The van der Waals surface area contributed by atoms with Crippen molar-refractivity contribution in [2.24, 2.45) is 0 Å². The summed E-state index contributed by atoms with van der Waals surface area (Å²) in [4.78, 5) is 21.9. The second-order valence-electron chi connectivity index (χ2n) is 6.57. The Hall–Kier alpha value is -2.04. The van der Waals surface area contributed by atoms with Crippen LogP contribution in [-0.2, 0) is 9.59 Å². The summed E-state index contributed by atoms with van der Waals surface area (Å²) in [5.41, 5.74) is 0. The SMILES string of the molecule is O=C(NCCCCCCCNC(=O)C(F)(F)C(F)(F)C(F)(F)F)C(F)(F)C(F)(F)C(F)(F)F. The van der Waals surface area contributed by atoms with Crippen LogP contribution in [0.3, 0.4) is 0 Å². The minimum atomic E-state index is -6.68. The topological polar surface area (TPSA) is 58.2 Å². The Balaban J connectivity index is 4.26. The van der Waals surface area contributed by atoms with E-state index in [-0.39, 0.29) is 32.1 Å². The lowest BCUT2D eigenvalue weighted by Crippen LogP contribution is -2.59. The molecule has 0 atom stereocenters. The highest BCUT2D eigenvalue weighted by atomic mass is 19.4. The fraction of sp³-hybridized carbons (Fsp3) is 0.867. The Morgan fingerprint density at radius 1 is 0.455 bits per heavy atom. The lowest BCUT2D eigenvalue weighted by molar-refractivity contribution is -0.344. The van der Waals surface area contributed by atoms with E-state index in [2.05, 4.69) is 0 Å². The van der Waals surface area contributed by atoms with Gasteiger partial charge in [0.25, 0.3) is 11.8 Å². The van der Waals surface area contributed by atoms with Gasteiger partial charge in [-0.3, -0.25) is 9.59 Å². The molecule has 0 saturated carbocycles. The zero-order valence-corrected chi connectivity index (χ0v) is 16.1. The predicted molar refractivity (Wildman–Crippen MR) is 81.0 cm³/mol. The van der Waals surface area contributed by atoms with Crippen molar-refractivity contribution >= 4 is 11.8 Å². The van der Waals surface area contributed by atoms with Gasteiger partial charge in [0.1, 0.15) is 0 Å². The standard InChI is InChI=1S/C15H16F14N2O2/c16-10(17,12(20,21)14(24,25)26)8(32)30-6-4-2-1-3-5-7-31-9(33)11(18,19)13(22,23)15(27,28)29/h1-7H2,(H,30,32)(H,31,33). The summed E-state index contributed by atoms with van der Waals surface area (Å²) in [7, 11) is 0. The van der Waals surface area contributed by atoms with Gasteiger partial charge < -0.3 is 10.6 Å². The smallest absolute Gasteiger partial charge is 0.351 e. The monoisotopic (exact) mass is 522 g/mol. The molecule has 0 aliphatic rings. The van der Waals surface area contributed by atoms with Gasteiger partial charge in [-0.2, -0.15) is 61.5 Å². The van der Waals surface area contributed by atoms with Crippen LogP contribution in [0.5, 0.6) is 0 Å². The van der Waals surface area contributed by atoms with E-state index >= 15 is 0 Å². The molecule has 0 fully saturated rings. The number of hydrogen-bond donors (Lipinski definition) is 2. The van der Waals surface area contributed by atoms with Crippen LogP contribution in [0.2, 0.25) is 0 Å². The maximum atomic E-state index is 13.0. The van der Waals surface area contributed by atoms with Crippen LogP contribution in [0.15, 0.2) is 0 Å². The van der Waals surface area contributed by atoms with E-state index in [1.165, 1.54) is 10.6 Å². The number of amides is 2. The lowest BCUT2D eigenvalue weighted by atomic mass is 10.1. The first kappa shape index (κ1) is 31.0. The van der Waals surface area contributed by atoms with Crippen LogP contribution in [0, 0.1) is 0 Å². The molecule has 0 bridgehead atoms. The van der Waals surface area contributed by atoms with Gasteiger partial charge in [0.2, 0.25) is 0 Å². The third kappa shape index (κ3) is 6.97. The maximum absolute atomic E-state index is 13.0. The Labute approximate surface area is 176 Å².